The van der Waals surface area contributed by atoms with E-state index in [-0.39, 0.29) is 19.0 Å². The lowest BCUT2D eigenvalue weighted by Crippen LogP contribution is -2.52. The molecule has 28 heavy (non-hydrogen) atoms. The summed E-state index contributed by atoms with van der Waals surface area (Å²) in [4.78, 5) is 38.4. The van der Waals surface area contributed by atoms with Crippen LogP contribution in [0.25, 0.3) is 0 Å². The Morgan fingerprint density at radius 1 is 1.21 bits per heavy atom. The number of esters is 1. The topological polar surface area (TPSA) is 84.9 Å². The first kappa shape index (κ1) is 22.0. The monoisotopic (exact) mass is 410 g/mol. The average molecular weight is 411 g/mol. The Balaban J connectivity index is 2.15. The summed E-state index contributed by atoms with van der Waals surface area (Å²) in [6.45, 7) is 5.24. The van der Waals surface area contributed by atoms with E-state index in [2.05, 4.69) is 5.32 Å². The number of rotatable bonds is 7. The van der Waals surface area contributed by atoms with Crippen molar-refractivity contribution in [3.63, 3.8) is 0 Å². The number of ether oxygens (including phenoxy) is 2. The second-order valence-electron chi connectivity index (χ2n) is 7.81. The first-order valence-electron chi connectivity index (χ1n) is 9.12. The van der Waals surface area contributed by atoms with Crippen LogP contribution in [-0.2, 0) is 25.6 Å². The van der Waals surface area contributed by atoms with Gasteiger partial charge in [0.15, 0.2) is 5.38 Å². The molecule has 1 N–H and O–H groups in total. The SMILES string of the molecule is COC(=O)C(Cl)C1(N(Cc2ccccc2)C(=O)CNC(=O)OC(C)(C)C)CC1. The molecule has 1 aliphatic carbocycles. The third kappa shape index (κ3) is 5.61. The molecule has 1 aromatic carbocycles. The summed E-state index contributed by atoms with van der Waals surface area (Å²) < 4.78 is 9.94. The molecule has 1 unspecified atom stereocenters. The number of nitrogens with zero attached hydrogens (tertiary/aromatic N) is 1. The Bertz CT molecular complexity index is 713. The number of carbonyl (C=O) groups excluding carboxylic acids is 3. The van der Waals surface area contributed by atoms with Gasteiger partial charge >= 0.3 is 12.1 Å². The largest absolute Gasteiger partial charge is 0.468 e. The van der Waals surface area contributed by atoms with E-state index in [9.17, 15) is 14.4 Å². The highest BCUT2D eigenvalue weighted by Crippen LogP contribution is 2.48. The normalized spacial score (nSPS) is 15.9. The summed E-state index contributed by atoms with van der Waals surface area (Å²) in [6, 6.07) is 9.40. The minimum Gasteiger partial charge on any atom is -0.468 e. The molecule has 0 aromatic heterocycles. The lowest BCUT2D eigenvalue weighted by Gasteiger charge is -2.34. The Labute approximate surface area is 170 Å². The Hall–Kier alpha value is -2.28. The molecule has 0 aliphatic heterocycles. The van der Waals surface area contributed by atoms with Crippen LogP contribution in [0.3, 0.4) is 0 Å². The minimum atomic E-state index is -0.980. The van der Waals surface area contributed by atoms with Crippen LogP contribution in [0.15, 0.2) is 30.3 Å². The molecule has 0 radical (unpaired) electrons. The molecule has 2 amide bonds. The number of carbonyl (C=O) groups is 3. The number of alkyl carbamates (subject to hydrolysis) is 1. The van der Waals surface area contributed by atoms with Crippen LogP contribution in [0, 0.1) is 0 Å². The molecule has 1 saturated carbocycles. The number of methoxy groups -OCH3 is 1. The summed E-state index contributed by atoms with van der Waals surface area (Å²) in [5.74, 6) is -0.924. The zero-order valence-corrected chi connectivity index (χ0v) is 17.4. The smallest absolute Gasteiger partial charge is 0.408 e. The third-order valence-corrected chi connectivity index (χ3v) is 5.03. The molecule has 0 spiro atoms. The Morgan fingerprint density at radius 2 is 1.82 bits per heavy atom. The van der Waals surface area contributed by atoms with Gasteiger partial charge in [0.2, 0.25) is 5.91 Å². The van der Waals surface area contributed by atoms with Crippen LogP contribution >= 0.6 is 11.6 Å². The van der Waals surface area contributed by atoms with Gasteiger partial charge in [-0.3, -0.25) is 9.59 Å². The number of amides is 2. The second kappa shape index (κ2) is 8.82. The molecule has 1 aromatic rings. The van der Waals surface area contributed by atoms with Gasteiger partial charge in [-0.25, -0.2) is 4.79 Å². The number of hydrogen-bond acceptors (Lipinski definition) is 5. The van der Waals surface area contributed by atoms with Crippen molar-refractivity contribution in [1.29, 1.82) is 0 Å². The van der Waals surface area contributed by atoms with E-state index in [0.29, 0.717) is 12.8 Å². The molecule has 154 valence electrons. The van der Waals surface area contributed by atoms with Crippen LogP contribution in [-0.4, -0.2) is 53.0 Å². The van der Waals surface area contributed by atoms with Gasteiger partial charge in [-0.05, 0) is 39.2 Å². The fourth-order valence-corrected chi connectivity index (χ4v) is 3.35. The van der Waals surface area contributed by atoms with Crippen molar-refractivity contribution in [1.82, 2.24) is 10.2 Å². The number of hydrogen-bond donors (Lipinski definition) is 1. The molecule has 1 aliphatic rings. The highest BCUT2D eigenvalue weighted by Gasteiger charge is 2.58. The van der Waals surface area contributed by atoms with Gasteiger partial charge in [0.25, 0.3) is 0 Å². The van der Waals surface area contributed by atoms with Gasteiger partial charge in [-0.2, -0.15) is 0 Å². The Kier molecular flexibility index (Phi) is 6.93. The summed E-state index contributed by atoms with van der Waals surface area (Å²) in [5.41, 5.74) is -0.592. The van der Waals surface area contributed by atoms with E-state index in [1.54, 1.807) is 25.7 Å². The van der Waals surface area contributed by atoms with Gasteiger partial charge in [0, 0.05) is 6.54 Å². The van der Waals surface area contributed by atoms with Crippen molar-refractivity contribution in [2.75, 3.05) is 13.7 Å². The predicted octanol–water partition coefficient (Wildman–Crippen LogP) is 2.85. The van der Waals surface area contributed by atoms with Gasteiger partial charge in [0.1, 0.15) is 12.1 Å². The van der Waals surface area contributed by atoms with Gasteiger partial charge in [0.05, 0.1) is 12.6 Å². The zero-order valence-electron chi connectivity index (χ0n) is 16.7. The molecule has 0 bridgehead atoms. The first-order chi connectivity index (χ1) is 13.1. The standard InChI is InChI=1S/C20H27ClN2O5/c1-19(2,3)28-18(26)22-12-15(24)23(13-14-8-6-5-7-9-14)20(10-11-20)16(21)17(25)27-4/h5-9,16H,10-13H2,1-4H3,(H,22,26). The quantitative estimate of drug-likeness (QED) is 0.552. The van der Waals surface area contributed by atoms with E-state index in [0.717, 1.165) is 5.56 Å². The lowest BCUT2D eigenvalue weighted by molar-refractivity contribution is -0.144. The number of alkyl halides is 1. The third-order valence-electron chi connectivity index (χ3n) is 4.45. The van der Waals surface area contributed by atoms with Crippen LogP contribution in [0.1, 0.15) is 39.2 Å². The summed E-state index contributed by atoms with van der Waals surface area (Å²) in [6.07, 6.45) is 0.489. The molecule has 2 rings (SSSR count). The number of halogens is 1. The fourth-order valence-electron chi connectivity index (χ4n) is 2.93. The molecule has 1 fully saturated rings. The van der Waals surface area contributed by atoms with Crippen molar-refractivity contribution < 1.29 is 23.9 Å². The highest BCUT2D eigenvalue weighted by molar-refractivity contribution is 6.31. The number of benzene rings is 1. The zero-order chi connectivity index (χ0) is 20.9. The molecule has 8 heteroatoms. The van der Waals surface area contributed by atoms with Crippen LogP contribution in [0.4, 0.5) is 4.79 Å². The van der Waals surface area contributed by atoms with Gasteiger partial charge in [-0.15, -0.1) is 11.6 Å². The molecular weight excluding hydrogens is 384 g/mol. The fraction of sp³-hybridized carbons (Fsp3) is 0.550. The van der Waals surface area contributed by atoms with Crippen molar-refractivity contribution in [2.45, 2.75) is 56.7 Å². The maximum atomic E-state index is 13.0. The summed E-state index contributed by atoms with van der Waals surface area (Å²) >= 11 is 6.36. The lowest BCUT2D eigenvalue weighted by atomic mass is 10.1. The van der Waals surface area contributed by atoms with E-state index in [1.165, 1.54) is 7.11 Å². The summed E-state index contributed by atoms with van der Waals surface area (Å²) in [5, 5.41) is 1.50. The molecule has 0 heterocycles. The molecular formula is C20H27ClN2O5. The van der Waals surface area contributed by atoms with E-state index in [4.69, 9.17) is 21.1 Å². The van der Waals surface area contributed by atoms with Crippen LogP contribution in [0.2, 0.25) is 0 Å². The second-order valence-corrected chi connectivity index (χ2v) is 8.25. The Morgan fingerprint density at radius 3 is 2.32 bits per heavy atom. The number of nitrogens with one attached hydrogen (secondary N) is 1. The average Bonchev–Trinajstić information content (AvgIpc) is 3.44. The highest BCUT2D eigenvalue weighted by atomic mass is 35.5. The van der Waals surface area contributed by atoms with Gasteiger partial charge < -0.3 is 19.7 Å². The minimum absolute atomic E-state index is 0.256. The summed E-state index contributed by atoms with van der Waals surface area (Å²) in [7, 11) is 1.27. The van der Waals surface area contributed by atoms with E-state index in [1.807, 2.05) is 30.3 Å². The van der Waals surface area contributed by atoms with Crippen molar-refractivity contribution in [3.05, 3.63) is 35.9 Å². The molecule has 1 atom stereocenters. The molecule has 7 nitrogen and oxygen atoms in total. The van der Waals surface area contributed by atoms with Crippen LogP contribution in [0.5, 0.6) is 0 Å². The maximum Gasteiger partial charge on any atom is 0.408 e. The van der Waals surface area contributed by atoms with E-state index < -0.39 is 28.6 Å². The first-order valence-corrected chi connectivity index (χ1v) is 9.56. The van der Waals surface area contributed by atoms with E-state index >= 15 is 0 Å². The van der Waals surface area contributed by atoms with Crippen molar-refractivity contribution in [3.8, 4) is 0 Å². The maximum absolute atomic E-state index is 13.0. The molecule has 0 saturated heterocycles. The van der Waals surface area contributed by atoms with Crippen LogP contribution < -0.4 is 5.32 Å². The van der Waals surface area contributed by atoms with Gasteiger partial charge in [-0.1, -0.05) is 30.3 Å². The van der Waals surface area contributed by atoms with Crippen molar-refractivity contribution in [2.24, 2.45) is 0 Å². The predicted molar refractivity (Wildman–Crippen MR) is 105 cm³/mol. The van der Waals surface area contributed by atoms with Crippen molar-refractivity contribution >= 4 is 29.6 Å².